The molecule has 3 atom stereocenters. The van der Waals surface area contributed by atoms with Crippen LogP contribution in [0.1, 0.15) is 39.2 Å². The highest BCUT2D eigenvalue weighted by molar-refractivity contribution is 5.88. The Kier molecular flexibility index (Phi) is 9.38. The maximum absolute atomic E-state index is 12.5. The van der Waals surface area contributed by atoms with Gasteiger partial charge >= 0.3 is 5.97 Å². The van der Waals surface area contributed by atoms with E-state index in [0.29, 0.717) is 0 Å². The molecule has 0 heterocycles. The number of carbonyl (C=O) groups excluding carboxylic acids is 2. The lowest BCUT2D eigenvalue weighted by atomic mass is 9.93. The molecule has 7 heteroatoms. The maximum Gasteiger partial charge on any atom is 0.331 e. The molecule has 1 rings (SSSR count). The van der Waals surface area contributed by atoms with Crippen molar-refractivity contribution < 1.29 is 19.5 Å². The number of nitrogens with one attached hydrogen (secondary N) is 3. The smallest absolute Gasteiger partial charge is 0.331 e. The zero-order valence-electron chi connectivity index (χ0n) is 17.2. The molecule has 0 bridgehead atoms. The molecular formula is C21H31N3O4. The van der Waals surface area contributed by atoms with Crippen molar-refractivity contribution in [3.8, 4) is 0 Å². The van der Waals surface area contributed by atoms with E-state index >= 15 is 0 Å². The Morgan fingerprint density at radius 1 is 1.11 bits per heavy atom. The zero-order valence-corrected chi connectivity index (χ0v) is 17.2. The average Bonchev–Trinajstić information content (AvgIpc) is 2.66. The summed E-state index contributed by atoms with van der Waals surface area (Å²) in [5.41, 5.74) is 1.19. The third-order valence-corrected chi connectivity index (χ3v) is 4.65. The van der Waals surface area contributed by atoms with Gasteiger partial charge in [0.1, 0.15) is 0 Å². The van der Waals surface area contributed by atoms with E-state index in [0.717, 1.165) is 5.56 Å². The van der Waals surface area contributed by atoms with Gasteiger partial charge in [-0.15, -0.1) is 0 Å². The molecule has 4 N–H and O–H groups in total. The molecule has 28 heavy (non-hydrogen) atoms. The summed E-state index contributed by atoms with van der Waals surface area (Å²) in [4.78, 5) is 35.8. The molecular weight excluding hydrogens is 358 g/mol. The van der Waals surface area contributed by atoms with Crippen LogP contribution >= 0.6 is 0 Å². The minimum Gasteiger partial charge on any atom is -0.478 e. The van der Waals surface area contributed by atoms with Crippen LogP contribution in [0.25, 0.3) is 0 Å². The van der Waals surface area contributed by atoms with Crippen LogP contribution in [0.4, 0.5) is 0 Å². The largest absolute Gasteiger partial charge is 0.478 e. The van der Waals surface area contributed by atoms with Crippen LogP contribution in [-0.4, -0.2) is 48.6 Å². The van der Waals surface area contributed by atoms with Crippen LogP contribution in [-0.2, 0) is 14.4 Å². The molecule has 1 aromatic carbocycles. The van der Waals surface area contributed by atoms with Crippen molar-refractivity contribution in [2.45, 2.75) is 45.7 Å². The van der Waals surface area contributed by atoms with Crippen molar-refractivity contribution in [2.24, 2.45) is 5.92 Å². The molecule has 7 nitrogen and oxygen atoms in total. The molecule has 1 aromatic rings. The van der Waals surface area contributed by atoms with E-state index in [4.69, 9.17) is 5.11 Å². The maximum atomic E-state index is 12.5. The van der Waals surface area contributed by atoms with Gasteiger partial charge < -0.3 is 21.1 Å². The number of amides is 2. The predicted molar refractivity (Wildman–Crippen MR) is 109 cm³/mol. The lowest BCUT2D eigenvalue weighted by Gasteiger charge is -2.24. The Morgan fingerprint density at radius 2 is 1.71 bits per heavy atom. The van der Waals surface area contributed by atoms with Gasteiger partial charge in [-0.05, 0) is 25.5 Å². The average molecular weight is 389 g/mol. The van der Waals surface area contributed by atoms with Crippen molar-refractivity contribution >= 4 is 17.8 Å². The molecule has 154 valence electrons. The number of rotatable bonds is 10. The minimum absolute atomic E-state index is 0.0112. The Labute approximate surface area is 166 Å². The van der Waals surface area contributed by atoms with E-state index in [9.17, 15) is 14.4 Å². The molecule has 0 fully saturated rings. The minimum atomic E-state index is -1.03. The Balaban J connectivity index is 2.67. The number of hydrogen-bond acceptors (Lipinski definition) is 4. The SMILES string of the molecule is CNC(C(=O)NCC(=O)NC(C=C(C)C(=O)O)C(C)C)C(C)c1ccccc1. The second-order valence-electron chi connectivity index (χ2n) is 7.18. The summed E-state index contributed by atoms with van der Waals surface area (Å²) >= 11 is 0. The summed E-state index contributed by atoms with van der Waals surface area (Å²) in [6, 6.07) is 8.76. The van der Waals surface area contributed by atoms with Gasteiger partial charge in [-0.2, -0.15) is 0 Å². The van der Waals surface area contributed by atoms with Crippen molar-refractivity contribution in [1.29, 1.82) is 0 Å². The predicted octanol–water partition coefficient (Wildman–Crippen LogP) is 1.67. The quantitative estimate of drug-likeness (QED) is 0.455. The standard InChI is InChI=1S/C21H31N3O4/c1-13(2)17(11-14(3)21(27)28)24-18(25)12-23-20(26)19(22-5)15(4)16-9-7-6-8-10-16/h6-11,13,15,17,19,22H,12H2,1-5H3,(H,23,26)(H,24,25)(H,27,28). The molecule has 0 aliphatic heterocycles. The molecule has 0 saturated heterocycles. The molecule has 0 aliphatic carbocycles. The third-order valence-electron chi connectivity index (χ3n) is 4.65. The van der Waals surface area contributed by atoms with E-state index in [1.165, 1.54) is 13.0 Å². The first-order chi connectivity index (χ1) is 13.2. The molecule has 0 aliphatic rings. The number of carbonyl (C=O) groups is 3. The highest BCUT2D eigenvalue weighted by atomic mass is 16.4. The van der Waals surface area contributed by atoms with Crippen molar-refractivity contribution in [3.63, 3.8) is 0 Å². The monoisotopic (exact) mass is 389 g/mol. The zero-order chi connectivity index (χ0) is 21.3. The lowest BCUT2D eigenvalue weighted by molar-refractivity contribution is -0.132. The van der Waals surface area contributed by atoms with Gasteiger partial charge in [-0.1, -0.05) is 57.2 Å². The van der Waals surface area contributed by atoms with Crippen LogP contribution in [0, 0.1) is 5.92 Å². The first kappa shape index (κ1) is 23.4. The second-order valence-corrected chi connectivity index (χ2v) is 7.18. The van der Waals surface area contributed by atoms with Gasteiger partial charge in [0.25, 0.3) is 0 Å². The highest BCUT2D eigenvalue weighted by Crippen LogP contribution is 2.18. The van der Waals surface area contributed by atoms with E-state index in [2.05, 4.69) is 16.0 Å². The van der Waals surface area contributed by atoms with E-state index < -0.39 is 18.1 Å². The Morgan fingerprint density at radius 3 is 2.21 bits per heavy atom. The fourth-order valence-corrected chi connectivity index (χ4v) is 2.81. The third kappa shape index (κ3) is 7.15. The number of likely N-dealkylation sites (N-methyl/N-ethyl adjacent to an activating group) is 1. The number of carboxylic acid groups (broad SMARTS) is 1. The second kappa shape index (κ2) is 11.2. The summed E-state index contributed by atoms with van der Waals surface area (Å²) < 4.78 is 0. The van der Waals surface area contributed by atoms with E-state index in [1.807, 2.05) is 51.1 Å². The Hall–Kier alpha value is -2.67. The number of benzene rings is 1. The van der Waals surface area contributed by atoms with Crippen LogP contribution in [0.15, 0.2) is 42.0 Å². The van der Waals surface area contributed by atoms with E-state index in [-0.39, 0.29) is 35.8 Å². The topological polar surface area (TPSA) is 108 Å². The summed E-state index contributed by atoms with van der Waals surface area (Å²) in [5, 5.41) is 17.4. The number of carboxylic acids is 1. The number of aliphatic carboxylic acids is 1. The first-order valence-corrected chi connectivity index (χ1v) is 9.38. The molecule has 0 radical (unpaired) electrons. The highest BCUT2D eigenvalue weighted by Gasteiger charge is 2.25. The lowest BCUT2D eigenvalue weighted by Crippen LogP contribution is -2.49. The van der Waals surface area contributed by atoms with Gasteiger partial charge in [0.05, 0.1) is 18.6 Å². The van der Waals surface area contributed by atoms with Gasteiger partial charge in [0.15, 0.2) is 0 Å². The fourth-order valence-electron chi connectivity index (χ4n) is 2.81. The van der Waals surface area contributed by atoms with Crippen molar-refractivity contribution in [1.82, 2.24) is 16.0 Å². The Bertz CT molecular complexity index is 701. The molecule has 0 aromatic heterocycles. The molecule has 2 amide bonds. The molecule has 0 spiro atoms. The summed E-state index contributed by atoms with van der Waals surface area (Å²) in [6.45, 7) is 7.02. The van der Waals surface area contributed by atoms with Crippen LogP contribution < -0.4 is 16.0 Å². The normalized spacial score (nSPS) is 14.9. The fraction of sp³-hybridized carbons (Fsp3) is 0.476. The van der Waals surface area contributed by atoms with Crippen LogP contribution in [0.2, 0.25) is 0 Å². The van der Waals surface area contributed by atoms with Gasteiger partial charge in [0.2, 0.25) is 11.8 Å². The van der Waals surface area contributed by atoms with Crippen molar-refractivity contribution in [2.75, 3.05) is 13.6 Å². The number of hydrogen-bond donors (Lipinski definition) is 4. The van der Waals surface area contributed by atoms with Gasteiger partial charge in [-0.25, -0.2) is 4.79 Å². The molecule has 0 saturated carbocycles. The summed E-state index contributed by atoms with van der Waals surface area (Å²) in [7, 11) is 1.71. The van der Waals surface area contributed by atoms with Crippen LogP contribution in [0.5, 0.6) is 0 Å². The van der Waals surface area contributed by atoms with E-state index in [1.54, 1.807) is 7.05 Å². The van der Waals surface area contributed by atoms with Gasteiger partial charge in [-0.3, -0.25) is 9.59 Å². The van der Waals surface area contributed by atoms with Crippen LogP contribution in [0.3, 0.4) is 0 Å². The molecule has 3 unspecified atom stereocenters. The first-order valence-electron chi connectivity index (χ1n) is 9.38. The van der Waals surface area contributed by atoms with Gasteiger partial charge in [0, 0.05) is 11.5 Å². The van der Waals surface area contributed by atoms with Crippen molar-refractivity contribution in [3.05, 3.63) is 47.5 Å². The summed E-state index contributed by atoms with van der Waals surface area (Å²) in [5.74, 6) is -1.73. The summed E-state index contributed by atoms with van der Waals surface area (Å²) in [6.07, 6.45) is 1.51.